The number of ether oxygens (including phenoxy) is 1. The number of hydrogen-bond acceptors (Lipinski definition) is 1. The lowest BCUT2D eigenvalue weighted by Gasteiger charge is -2.04. The first-order valence-electron chi connectivity index (χ1n) is 12.1. The molecule has 0 fully saturated rings. The standard InChI is InChI=1S/C24H49IO/c1-2-3-4-5-6-7-8-9-10-11-12-13-14-15-16-17-18-19-20-21-23-26-24-22-25/h2-24H2,1H3. The molecule has 0 saturated heterocycles. The van der Waals surface area contributed by atoms with Gasteiger partial charge in [-0.15, -0.1) is 0 Å². The maximum absolute atomic E-state index is 5.51. The van der Waals surface area contributed by atoms with Crippen molar-refractivity contribution in [2.24, 2.45) is 0 Å². The zero-order valence-electron chi connectivity index (χ0n) is 18.0. The van der Waals surface area contributed by atoms with Crippen molar-refractivity contribution in [2.75, 3.05) is 17.6 Å². The van der Waals surface area contributed by atoms with Gasteiger partial charge in [0, 0.05) is 11.0 Å². The van der Waals surface area contributed by atoms with E-state index in [9.17, 15) is 0 Å². The topological polar surface area (TPSA) is 9.23 Å². The van der Waals surface area contributed by atoms with Crippen LogP contribution in [0.3, 0.4) is 0 Å². The maximum Gasteiger partial charge on any atom is 0.0555 e. The highest BCUT2D eigenvalue weighted by molar-refractivity contribution is 14.1. The molecule has 0 radical (unpaired) electrons. The maximum atomic E-state index is 5.51. The molecule has 0 rings (SSSR count). The summed E-state index contributed by atoms with van der Waals surface area (Å²) < 4.78 is 6.63. The molecule has 0 aliphatic carbocycles. The number of unbranched alkanes of at least 4 members (excludes halogenated alkanes) is 19. The Bertz CT molecular complexity index is 208. The fourth-order valence-corrected chi connectivity index (χ4v) is 3.93. The molecule has 26 heavy (non-hydrogen) atoms. The fourth-order valence-electron chi connectivity index (χ4n) is 3.62. The molecule has 2 heteroatoms. The second kappa shape index (κ2) is 25.7. The molecule has 1 nitrogen and oxygen atoms in total. The Hall–Kier alpha value is 0.690. The molecule has 0 heterocycles. The largest absolute Gasteiger partial charge is 0.381 e. The summed E-state index contributed by atoms with van der Waals surface area (Å²) in [7, 11) is 0. The van der Waals surface area contributed by atoms with Gasteiger partial charge >= 0.3 is 0 Å². The highest BCUT2D eigenvalue weighted by atomic mass is 127. The van der Waals surface area contributed by atoms with Gasteiger partial charge in [-0.25, -0.2) is 0 Å². The Morgan fingerprint density at radius 1 is 0.423 bits per heavy atom. The van der Waals surface area contributed by atoms with Crippen molar-refractivity contribution in [3.8, 4) is 0 Å². The lowest BCUT2D eigenvalue weighted by Crippen LogP contribution is -1.97. The Balaban J connectivity index is 2.95. The van der Waals surface area contributed by atoms with E-state index in [4.69, 9.17) is 4.74 Å². The minimum absolute atomic E-state index is 0.930. The smallest absolute Gasteiger partial charge is 0.0555 e. The van der Waals surface area contributed by atoms with E-state index in [1.165, 1.54) is 128 Å². The van der Waals surface area contributed by atoms with E-state index in [1.54, 1.807) is 0 Å². The first-order chi connectivity index (χ1) is 12.9. The Labute approximate surface area is 180 Å². The van der Waals surface area contributed by atoms with E-state index in [1.807, 2.05) is 0 Å². The van der Waals surface area contributed by atoms with Crippen LogP contribution in [0.1, 0.15) is 135 Å². The molecule has 0 spiro atoms. The molecule has 0 saturated carbocycles. The summed E-state index contributed by atoms with van der Waals surface area (Å²) >= 11 is 2.37. The second-order valence-corrected chi connectivity index (χ2v) is 9.10. The SMILES string of the molecule is CCCCCCCCCCCCCCCCCCCCCCOCCI. The monoisotopic (exact) mass is 480 g/mol. The third kappa shape index (κ3) is 24.7. The van der Waals surface area contributed by atoms with E-state index in [2.05, 4.69) is 29.5 Å². The van der Waals surface area contributed by atoms with Gasteiger partial charge in [-0.3, -0.25) is 0 Å². The van der Waals surface area contributed by atoms with E-state index in [0.29, 0.717) is 0 Å². The average Bonchev–Trinajstić information content (AvgIpc) is 2.66. The first kappa shape index (κ1) is 26.7. The van der Waals surface area contributed by atoms with Crippen LogP contribution in [-0.2, 0) is 4.74 Å². The van der Waals surface area contributed by atoms with Gasteiger partial charge in [-0.1, -0.05) is 152 Å². The van der Waals surface area contributed by atoms with Crippen molar-refractivity contribution >= 4 is 22.6 Å². The third-order valence-electron chi connectivity index (χ3n) is 5.36. The van der Waals surface area contributed by atoms with Crippen molar-refractivity contribution in [1.82, 2.24) is 0 Å². The highest BCUT2D eigenvalue weighted by Crippen LogP contribution is 2.14. The summed E-state index contributed by atoms with van der Waals surface area (Å²) in [4.78, 5) is 0. The van der Waals surface area contributed by atoms with Crippen molar-refractivity contribution in [2.45, 2.75) is 135 Å². The molecule has 158 valence electrons. The van der Waals surface area contributed by atoms with Crippen LogP contribution in [0, 0.1) is 0 Å². The van der Waals surface area contributed by atoms with Crippen LogP contribution >= 0.6 is 22.6 Å². The molecule has 0 bridgehead atoms. The third-order valence-corrected chi connectivity index (χ3v) is 5.80. The zero-order valence-corrected chi connectivity index (χ0v) is 20.2. The van der Waals surface area contributed by atoms with Crippen LogP contribution in [0.2, 0.25) is 0 Å². The normalized spacial score (nSPS) is 11.3. The summed E-state index contributed by atoms with van der Waals surface area (Å²) in [6.45, 7) is 4.20. The van der Waals surface area contributed by atoms with Crippen molar-refractivity contribution < 1.29 is 4.74 Å². The van der Waals surface area contributed by atoms with Gasteiger partial charge in [-0.05, 0) is 6.42 Å². The van der Waals surface area contributed by atoms with Gasteiger partial charge in [0.1, 0.15) is 0 Å². The van der Waals surface area contributed by atoms with Crippen LogP contribution in [0.5, 0.6) is 0 Å². The molecule has 0 aromatic heterocycles. The molecular weight excluding hydrogens is 431 g/mol. The van der Waals surface area contributed by atoms with Gasteiger partial charge in [-0.2, -0.15) is 0 Å². The summed E-state index contributed by atoms with van der Waals surface area (Å²) in [5.74, 6) is 0. The summed E-state index contributed by atoms with van der Waals surface area (Å²) in [5, 5.41) is 0. The zero-order chi connectivity index (χ0) is 19.0. The van der Waals surface area contributed by atoms with Crippen LogP contribution in [0.25, 0.3) is 0 Å². The first-order valence-corrected chi connectivity index (χ1v) is 13.6. The lowest BCUT2D eigenvalue weighted by atomic mass is 10.0. The van der Waals surface area contributed by atoms with Gasteiger partial charge in [0.05, 0.1) is 6.61 Å². The lowest BCUT2D eigenvalue weighted by molar-refractivity contribution is 0.146. The van der Waals surface area contributed by atoms with E-state index < -0.39 is 0 Å². The summed E-state index contributed by atoms with van der Waals surface area (Å²) in [6, 6.07) is 0. The molecule has 0 aliphatic heterocycles. The summed E-state index contributed by atoms with van der Waals surface area (Å²) in [5.41, 5.74) is 0. The molecule has 0 amide bonds. The molecule has 0 N–H and O–H groups in total. The molecule has 0 aromatic carbocycles. The van der Waals surface area contributed by atoms with Crippen molar-refractivity contribution in [3.05, 3.63) is 0 Å². The number of hydrogen-bond donors (Lipinski definition) is 0. The summed E-state index contributed by atoms with van der Waals surface area (Å²) in [6.07, 6.45) is 28.9. The minimum Gasteiger partial charge on any atom is -0.381 e. The van der Waals surface area contributed by atoms with Crippen LogP contribution in [0.15, 0.2) is 0 Å². The molecule has 0 atom stereocenters. The molecular formula is C24H49IO. The number of rotatable bonds is 23. The average molecular weight is 481 g/mol. The van der Waals surface area contributed by atoms with Crippen LogP contribution < -0.4 is 0 Å². The van der Waals surface area contributed by atoms with Gasteiger partial charge in [0.2, 0.25) is 0 Å². The van der Waals surface area contributed by atoms with E-state index in [-0.39, 0.29) is 0 Å². The number of halogens is 1. The predicted molar refractivity (Wildman–Crippen MR) is 128 cm³/mol. The Morgan fingerprint density at radius 2 is 0.731 bits per heavy atom. The molecule has 0 unspecified atom stereocenters. The fraction of sp³-hybridized carbons (Fsp3) is 1.00. The Morgan fingerprint density at radius 3 is 1.04 bits per heavy atom. The van der Waals surface area contributed by atoms with Gasteiger partial charge in [0.25, 0.3) is 0 Å². The van der Waals surface area contributed by atoms with Gasteiger partial charge < -0.3 is 4.74 Å². The van der Waals surface area contributed by atoms with E-state index >= 15 is 0 Å². The second-order valence-electron chi connectivity index (χ2n) is 8.02. The quantitative estimate of drug-likeness (QED) is 0.0804. The van der Waals surface area contributed by atoms with Crippen LogP contribution in [0.4, 0.5) is 0 Å². The van der Waals surface area contributed by atoms with E-state index in [0.717, 1.165) is 17.6 Å². The van der Waals surface area contributed by atoms with Gasteiger partial charge in [0.15, 0.2) is 0 Å². The van der Waals surface area contributed by atoms with Crippen molar-refractivity contribution in [1.29, 1.82) is 0 Å². The minimum atomic E-state index is 0.930. The molecule has 0 aliphatic rings. The van der Waals surface area contributed by atoms with Crippen molar-refractivity contribution in [3.63, 3.8) is 0 Å². The van der Waals surface area contributed by atoms with Crippen LogP contribution in [-0.4, -0.2) is 17.6 Å². The predicted octanol–water partition coefficient (Wildman–Crippen LogP) is 9.26. The number of alkyl halides is 1. The molecule has 0 aromatic rings. The highest BCUT2D eigenvalue weighted by Gasteiger charge is 1.95. The Kier molecular flexibility index (Phi) is 26.4.